The van der Waals surface area contributed by atoms with Crippen molar-refractivity contribution in [3.63, 3.8) is 0 Å². The third kappa shape index (κ3) is 5.81. The molecule has 0 unspecified atom stereocenters. The normalized spacial score (nSPS) is 11.4. The number of hydrogen-bond donors (Lipinski definition) is 1. The third-order valence-electron chi connectivity index (χ3n) is 7.27. The van der Waals surface area contributed by atoms with E-state index in [1.165, 1.54) is 67.3 Å². The van der Waals surface area contributed by atoms with Gasteiger partial charge >= 0.3 is 6.55 Å². The van der Waals surface area contributed by atoms with Crippen LogP contribution in [0, 0.1) is 25.5 Å². The van der Waals surface area contributed by atoms with Crippen LogP contribution in [0.5, 0.6) is 11.5 Å². The number of aryl methyl sites for hydroxylation is 2. The number of carbonyl (C=O) groups excluding carboxylic acids is 1. The lowest BCUT2D eigenvalue weighted by Crippen LogP contribution is -2.20. The Bertz CT molecular complexity index is 2140. The van der Waals surface area contributed by atoms with Crippen LogP contribution in [0.4, 0.5) is 17.6 Å². The molecular weight excluding hydrogens is 590 g/mol. The second-order valence-corrected chi connectivity index (χ2v) is 10.3. The second-order valence-electron chi connectivity index (χ2n) is 10.3. The first-order valence-corrected chi connectivity index (χ1v) is 13.7. The van der Waals surface area contributed by atoms with Crippen LogP contribution in [0.15, 0.2) is 84.2 Å². The van der Waals surface area contributed by atoms with E-state index in [0.29, 0.717) is 49.4 Å². The van der Waals surface area contributed by atoms with Crippen LogP contribution in [0.2, 0.25) is 0 Å². The van der Waals surface area contributed by atoms with Crippen LogP contribution in [0.25, 0.3) is 33.3 Å². The lowest BCUT2D eigenvalue weighted by atomic mass is 9.98. The summed E-state index contributed by atoms with van der Waals surface area (Å²) in [6.07, 6.45) is 5.04. The van der Waals surface area contributed by atoms with Gasteiger partial charge in [-0.25, -0.2) is 18.4 Å². The number of H-pyrrole nitrogens is 1. The Morgan fingerprint density at radius 1 is 1.00 bits per heavy atom. The van der Waals surface area contributed by atoms with Gasteiger partial charge < -0.3 is 9.72 Å². The van der Waals surface area contributed by atoms with E-state index in [0.717, 1.165) is 6.07 Å². The second kappa shape index (κ2) is 11.8. The molecule has 4 aromatic heterocycles. The molecule has 0 saturated heterocycles. The summed E-state index contributed by atoms with van der Waals surface area (Å²) in [6, 6.07) is 12.6. The van der Waals surface area contributed by atoms with Crippen LogP contribution >= 0.6 is 0 Å². The summed E-state index contributed by atoms with van der Waals surface area (Å²) in [5.74, 6) is -1.65. The Balaban J connectivity index is 1.24. The van der Waals surface area contributed by atoms with Gasteiger partial charge in [-0.05, 0) is 55.3 Å². The first-order valence-electron chi connectivity index (χ1n) is 13.7. The zero-order valence-corrected chi connectivity index (χ0v) is 23.8. The molecule has 0 aliphatic rings. The highest BCUT2D eigenvalue weighted by Gasteiger charge is 2.19. The van der Waals surface area contributed by atoms with Crippen molar-refractivity contribution in [2.45, 2.75) is 26.8 Å². The van der Waals surface area contributed by atoms with Gasteiger partial charge in [0, 0.05) is 59.2 Å². The molecule has 12 heteroatoms. The molecule has 45 heavy (non-hydrogen) atoms. The van der Waals surface area contributed by atoms with Gasteiger partial charge in [0.1, 0.15) is 11.3 Å². The lowest BCUT2D eigenvalue weighted by molar-refractivity contribution is 0.0566. The van der Waals surface area contributed by atoms with Crippen LogP contribution in [-0.4, -0.2) is 30.5 Å². The van der Waals surface area contributed by atoms with Gasteiger partial charge in [-0.15, -0.1) is 0 Å². The highest BCUT2D eigenvalue weighted by Crippen LogP contribution is 2.33. The number of aromatic amines is 1. The van der Waals surface area contributed by atoms with Gasteiger partial charge in [-0.2, -0.15) is 13.9 Å². The Morgan fingerprint density at radius 2 is 1.78 bits per heavy atom. The number of carbonyl (C=O) groups is 1. The molecule has 0 spiro atoms. The largest absolute Gasteiger partial charge is 0.452 e. The fourth-order valence-electron chi connectivity index (χ4n) is 5.03. The van der Waals surface area contributed by atoms with Crippen molar-refractivity contribution in [1.29, 1.82) is 0 Å². The molecule has 226 valence electrons. The summed E-state index contributed by atoms with van der Waals surface area (Å²) in [7, 11) is 0. The molecular formula is C33H23F4N5O3. The Morgan fingerprint density at radius 3 is 2.49 bits per heavy atom. The molecule has 0 bridgehead atoms. The minimum Gasteiger partial charge on any atom is -0.452 e. The fraction of sp³-hybridized carbons (Fsp3) is 0.121. The van der Waals surface area contributed by atoms with Gasteiger partial charge in [0.25, 0.3) is 0 Å². The summed E-state index contributed by atoms with van der Waals surface area (Å²) in [6.45, 7) is 0.588. The summed E-state index contributed by atoms with van der Waals surface area (Å²) in [4.78, 5) is 38.1. The van der Waals surface area contributed by atoms with Gasteiger partial charge in [-0.3, -0.25) is 14.6 Å². The highest BCUT2D eigenvalue weighted by molar-refractivity contribution is 5.98. The molecule has 0 aliphatic carbocycles. The van der Waals surface area contributed by atoms with Crippen LogP contribution < -0.4 is 10.2 Å². The van der Waals surface area contributed by atoms with Gasteiger partial charge in [0.05, 0.1) is 17.3 Å². The van der Waals surface area contributed by atoms with E-state index < -0.39 is 29.4 Å². The van der Waals surface area contributed by atoms with Gasteiger partial charge in [-0.1, -0.05) is 18.2 Å². The number of benzene rings is 2. The number of aromatic nitrogens is 5. The average molecular weight is 614 g/mol. The fourth-order valence-corrected chi connectivity index (χ4v) is 5.03. The van der Waals surface area contributed by atoms with E-state index in [-0.39, 0.29) is 29.0 Å². The maximum absolute atomic E-state index is 15.2. The van der Waals surface area contributed by atoms with Crippen LogP contribution in [-0.2, 0) is 6.42 Å². The Labute approximate surface area is 253 Å². The molecule has 1 N–H and O–H groups in total. The summed E-state index contributed by atoms with van der Waals surface area (Å²) in [5, 5.41) is 3.67. The number of nitrogens with one attached hydrogen (secondary N) is 1. The minimum absolute atomic E-state index is 0.105. The highest BCUT2D eigenvalue weighted by atomic mass is 19.3. The van der Waals surface area contributed by atoms with Crippen LogP contribution in [0.1, 0.15) is 33.9 Å². The van der Waals surface area contributed by atoms with E-state index in [9.17, 15) is 22.8 Å². The van der Waals surface area contributed by atoms with Gasteiger partial charge in [0.2, 0.25) is 0 Å². The minimum atomic E-state index is -2.78. The number of ketones is 1. The van der Waals surface area contributed by atoms with Crippen molar-refractivity contribution < 1.29 is 27.1 Å². The first-order chi connectivity index (χ1) is 21.6. The monoisotopic (exact) mass is 613 g/mol. The van der Waals surface area contributed by atoms with Crippen molar-refractivity contribution in [3.05, 3.63) is 124 Å². The molecule has 0 fully saturated rings. The summed E-state index contributed by atoms with van der Waals surface area (Å²) in [5.41, 5.74) is 3.13. The number of rotatable bonds is 8. The molecule has 6 aromatic rings. The maximum atomic E-state index is 15.2. The maximum Gasteiger partial charge on any atom is 0.333 e. The topological polar surface area (TPSA) is 103 Å². The molecule has 0 aliphatic heterocycles. The van der Waals surface area contributed by atoms with Crippen molar-refractivity contribution in [2.24, 2.45) is 0 Å². The third-order valence-corrected chi connectivity index (χ3v) is 7.27. The van der Waals surface area contributed by atoms with Crippen molar-refractivity contribution in [3.8, 4) is 33.8 Å². The molecule has 6 rings (SSSR count). The van der Waals surface area contributed by atoms with E-state index in [4.69, 9.17) is 4.74 Å². The molecule has 0 amide bonds. The first kappa shape index (κ1) is 29.4. The molecule has 2 aromatic carbocycles. The number of halogens is 4. The van der Waals surface area contributed by atoms with E-state index >= 15 is 4.39 Å². The number of alkyl halides is 2. The number of Topliss-reactive ketones (excluding diaryl/α,β-unsaturated/α-hetero) is 1. The van der Waals surface area contributed by atoms with Crippen LogP contribution in [0.3, 0.4) is 0 Å². The van der Waals surface area contributed by atoms with Crippen molar-refractivity contribution >= 4 is 16.8 Å². The van der Waals surface area contributed by atoms with Crippen molar-refractivity contribution in [2.75, 3.05) is 0 Å². The zero-order valence-electron chi connectivity index (χ0n) is 23.8. The smallest absolute Gasteiger partial charge is 0.333 e. The van der Waals surface area contributed by atoms with E-state index in [2.05, 4.69) is 20.1 Å². The summed E-state index contributed by atoms with van der Waals surface area (Å²) < 4.78 is 61.0. The van der Waals surface area contributed by atoms with E-state index in [1.54, 1.807) is 19.9 Å². The standard InChI is InChI=1S/C33H23F4N5O3/c1-17-23(21-14-40-42(16-21)33(36)37)13-26-31(41-17)29(9-10-38-26)45-28-8-3-19(11-25(28)35)12-27(43)24-15-39-18(2)30(32(24)44)20-4-6-22(34)7-5-20/h3-11,13-16,33H,12H2,1-2H3,(H,39,44). The Hall–Kier alpha value is -5.65. The number of ether oxygens (including phenoxy) is 1. The molecule has 4 heterocycles. The van der Waals surface area contributed by atoms with Crippen molar-refractivity contribution in [1.82, 2.24) is 24.7 Å². The number of hydrogen-bond acceptors (Lipinski definition) is 6. The molecule has 0 saturated carbocycles. The zero-order chi connectivity index (χ0) is 31.8. The predicted molar refractivity (Wildman–Crippen MR) is 158 cm³/mol. The lowest BCUT2D eigenvalue weighted by Gasteiger charge is -2.12. The van der Waals surface area contributed by atoms with Gasteiger partial charge in [0.15, 0.2) is 28.5 Å². The predicted octanol–water partition coefficient (Wildman–Crippen LogP) is 7.36. The molecule has 0 atom stereocenters. The number of fused-ring (bicyclic) bond motifs is 1. The molecule has 0 radical (unpaired) electrons. The summed E-state index contributed by atoms with van der Waals surface area (Å²) >= 11 is 0. The van der Waals surface area contributed by atoms with E-state index in [1.807, 2.05) is 0 Å². The SMILES string of the molecule is Cc1nc2c(Oc3ccc(CC(=O)c4c[nH]c(C)c(-c5ccc(F)cc5)c4=O)cc3F)ccnc2cc1-c1cnn(C(F)F)c1. The average Bonchev–Trinajstić information content (AvgIpc) is 3.50. The molecule has 8 nitrogen and oxygen atoms in total. The number of nitrogens with zero attached hydrogens (tertiary/aromatic N) is 4. The number of pyridine rings is 3. The Kier molecular flexibility index (Phi) is 7.71. The quantitative estimate of drug-likeness (QED) is 0.142.